The molecule has 0 fully saturated rings. The van der Waals surface area contributed by atoms with Crippen molar-refractivity contribution >= 4 is 23.4 Å². The third-order valence-corrected chi connectivity index (χ3v) is 2.86. The average molecular weight is 316 g/mol. The van der Waals surface area contributed by atoms with Gasteiger partial charge >= 0.3 is 6.09 Å². The van der Waals surface area contributed by atoms with E-state index in [-0.39, 0.29) is 11.7 Å². The van der Waals surface area contributed by atoms with Crippen LogP contribution < -0.4 is 10.6 Å². The van der Waals surface area contributed by atoms with Crippen LogP contribution in [0.3, 0.4) is 0 Å². The van der Waals surface area contributed by atoms with Crippen LogP contribution >= 0.6 is 0 Å². The Labute approximate surface area is 134 Å². The smallest absolute Gasteiger partial charge is 0.412 e. The van der Waals surface area contributed by atoms with Crippen molar-refractivity contribution < 1.29 is 18.7 Å². The van der Waals surface area contributed by atoms with Gasteiger partial charge in [0.1, 0.15) is 5.60 Å². The van der Waals surface area contributed by atoms with Crippen LogP contribution in [0.2, 0.25) is 0 Å². The Bertz CT molecular complexity index is 696. The number of furan rings is 1. The molecule has 0 unspecified atom stereocenters. The molecule has 0 bridgehead atoms. The van der Waals surface area contributed by atoms with Gasteiger partial charge in [0.05, 0.1) is 6.26 Å². The van der Waals surface area contributed by atoms with Gasteiger partial charge in [0.15, 0.2) is 5.76 Å². The van der Waals surface area contributed by atoms with Gasteiger partial charge in [0.2, 0.25) is 0 Å². The van der Waals surface area contributed by atoms with Gasteiger partial charge in [-0.25, -0.2) is 4.79 Å². The number of carbonyl (C=O) groups is 2. The topological polar surface area (TPSA) is 80.6 Å². The molecule has 0 spiro atoms. The largest absolute Gasteiger partial charge is 0.459 e. The standard InChI is InChI=1S/C17H20N2O4/c1-11-9-10-22-14(11)15(20)18-12-5-7-13(8-6-12)19-16(21)23-17(2,3)4/h5-10H,1-4H3,(H,18,20)(H,19,21). The van der Waals surface area contributed by atoms with Gasteiger partial charge in [-0.3, -0.25) is 10.1 Å². The van der Waals surface area contributed by atoms with Crippen molar-refractivity contribution in [2.75, 3.05) is 10.6 Å². The molecule has 2 amide bonds. The molecule has 6 heteroatoms. The van der Waals surface area contributed by atoms with E-state index in [4.69, 9.17) is 9.15 Å². The molecule has 2 aromatic rings. The summed E-state index contributed by atoms with van der Waals surface area (Å²) in [7, 11) is 0. The van der Waals surface area contributed by atoms with Gasteiger partial charge in [0.25, 0.3) is 5.91 Å². The van der Waals surface area contributed by atoms with E-state index in [1.807, 2.05) is 0 Å². The summed E-state index contributed by atoms with van der Waals surface area (Å²) < 4.78 is 10.3. The highest BCUT2D eigenvalue weighted by atomic mass is 16.6. The quantitative estimate of drug-likeness (QED) is 0.889. The normalized spacial score (nSPS) is 11.0. The Hall–Kier alpha value is -2.76. The average Bonchev–Trinajstić information content (AvgIpc) is 2.85. The molecular formula is C17H20N2O4. The van der Waals surface area contributed by atoms with Gasteiger partial charge in [0, 0.05) is 16.9 Å². The number of carbonyl (C=O) groups excluding carboxylic acids is 2. The maximum absolute atomic E-state index is 12.0. The third kappa shape index (κ3) is 4.88. The van der Waals surface area contributed by atoms with E-state index in [0.29, 0.717) is 11.4 Å². The number of rotatable bonds is 3. The molecule has 0 saturated carbocycles. The van der Waals surface area contributed by atoms with Crippen LogP contribution in [0.25, 0.3) is 0 Å². The molecule has 2 N–H and O–H groups in total. The molecule has 0 aliphatic carbocycles. The molecule has 23 heavy (non-hydrogen) atoms. The predicted molar refractivity (Wildman–Crippen MR) is 87.7 cm³/mol. The van der Waals surface area contributed by atoms with Crippen molar-refractivity contribution in [1.82, 2.24) is 0 Å². The zero-order chi connectivity index (χ0) is 17.0. The number of hydrogen-bond donors (Lipinski definition) is 2. The molecule has 1 heterocycles. The van der Waals surface area contributed by atoms with E-state index in [9.17, 15) is 9.59 Å². The molecule has 1 aromatic heterocycles. The van der Waals surface area contributed by atoms with Crippen molar-refractivity contribution in [2.24, 2.45) is 0 Å². The first-order chi connectivity index (χ1) is 10.7. The third-order valence-electron chi connectivity index (χ3n) is 2.86. The first-order valence-electron chi connectivity index (χ1n) is 7.20. The SMILES string of the molecule is Cc1ccoc1C(=O)Nc1ccc(NC(=O)OC(C)(C)C)cc1. The summed E-state index contributed by atoms with van der Waals surface area (Å²) in [4.78, 5) is 23.7. The fourth-order valence-corrected chi connectivity index (χ4v) is 1.85. The number of aryl methyl sites for hydroxylation is 1. The van der Waals surface area contributed by atoms with Gasteiger partial charge < -0.3 is 14.5 Å². The second-order valence-corrected chi connectivity index (χ2v) is 6.09. The van der Waals surface area contributed by atoms with E-state index >= 15 is 0 Å². The lowest BCUT2D eigenvalue weighted by Crippen LogP contribution is -2.27. The number of hydrogen-bond acceptors (Lipinski definition) is 4. The molecular weight excluding hydrogens is 296 g/mol. The number of anilines is 2. The monoisotopic (exact) mass is 316 g/mol. The molecule has 0 aliphatic heterocycles. The summed E-state index contributed by atoms with van der Waals surface area (Å²) in [6.07, 6.45) is 0.943. The molecule has 0 atom stereocenters. The molecule has 0 radical (unpaired) electrons. The van der Waals surface area contributed by atoms with Crippen molar-refractivity contribution in [2.45, 2.75) is 33.3 Å². The van der Waals surface area contributed by atoms with Crippen LogP contribution in [-0.2, 0) is 4.74 Å². The Kier molecular flexibility index (Phi) is 4.74. The van der Waals surface area contributed by atoms with E-state index < -0.39 is 11.7 Å². The van der Waals surface area contributed by atoms with E-state index in [1.54, 1.807) is 58.0 Å². The number of benzene rings is 1. The first-order valence-corrected chi connectivity index (χ1v) is 7.20. The Morgan fingerprint density at radius 3 is 2.04 bits per heavy atom. The summed E-state index contributed by atoms with van der Waals surface area (Å²) in [6.45, 7) is 7.18. The minimum Gasteiger partial charge on any atom is -0.459 e. The van der Waals surface area contributed by atoms with Gasteiger partial charge in [-0.1, -0.05) is 0 Å². The Morgan fingerprint density at radius 1 is 1.00 bits per heavy atom. The molecule has 0 aliphatic rings. The summed E-state index contributed by atoms with van der Waals surface area (Å²) >= 11 is 0. The van der Waals surface area contributed by atoms with Crippen LogP contribution in [-0.4, -0.2) is 17.6 Å². The van der Waals surface area contributed by atoms with Crippen LogP contribution in [0, 0.1) is 6.92 Å². The molecule has 0 saturated heterocycles. The number of amides is 2. The minimum absolute atomic E-state index is 0.279. The van der Waals surface area contributed by atoms with Crippen molar-refractivity contribution in [3.05, 3.63) is 47.9 Å². The van der Waals surface area contributed by atoms with E-state index in [1.165, 1.54) is 6.26 Å². The van der Waals surface area contributed by atoms with Crippen LogP contribution in [0.5, 0.6) is 0 Å². The maximum Gasteiger partial charge on any atom is 0.412 e. The highest BCUT2D eigenvalue weighted by Crippen LogP contribution is 2.17. The van der Waals surface area contributed by atoms with Crippen molar-refractivity contribution in [1.29, 1.82) is 0 Å². The minimum atomic E-state index is -0.557. The lowest BCUT2D eigenvalue weighted by Gasteiger charge is -2.19. The lowest BCUT2D eigenvalue weighted by atomic mass is 10.2. The van der Waals surface area contributed by atoms with Crippen molar-refractivity contribution in [3.8, 4) is 0 Å². The predicted octanol–water partition coefficient (Wildman–Crippen LogP) is 4.19. The highest BCUT2D eigenvalue weighted by molar-refractivity contribution is 6.03. The maximum atomic E-state index is 12.0. The van der Waals surface area contributed by atoms with Gasteiger partial charge in [-0.2, -0.15) is 0 Å². The van der Waals surface area contributed by atoms with Gasteiger partial charge in [-0.05, 0) is 58.0 Å². The Morgan fingerprint density at radius 2 is 1.57 bits per heavy atom. The van der Waals surface area contributed by atoms with Crippen LogP contribution in [0.4, 0.5) is 16.2 Å². The summed E-state index contributed by atoms with van der Waals surface area (Å²) in [5.41, 5.74) is 1.39. The van der Waals surface area contributed by atoms with E-state index in [2.05, 4.69) is 10.6 Å². The van der Waals surface area contributed by atoms with E-state index in [0.717, 1.165) is 5.56 Å². The number of ether oxygens (including phenoxy) is 1. The molecule has 6 nitrogen and oxygen atoms in total. The Balaban J connectivity index is 1.96. The van der Waals surface area contributed by atoms with Crippen LogP contribution in [0.15, 0.2) is 41.0 Å². The summed E-state index contributed by atoms with van der Waals surface area (Å²) in [6, 6.07) is 8.44. The summed E-state index contributed by atoms with van der Waals surface area (Å²) in [5.74, 6) is -0.0405. The molecule has 122 valence electrons. The number of nitrogens with one attached hydrogen (secondary N) is 2. The van der Waals surface area contributed by atoms with Crippen molar-refractivity contribution in [3.63, 3.8) is 0 Å². The highest BCUT2D eigenvalue weighted by Gasteiger charge is 2.16. The lowest BCUT2D eigenvalue weighted by molar-refractivity contribution is 0.0635. The zero-order valence-corrected chi connectivity index (χ0v) is 13.6. The second kappa shape index (κ2) is 6.56. The second-order valence-electron chi connectivity index (χ2n) is 6.09. The molecule has 1 aromatic carbocycles. The first kappa shape index (κ1) is 16.6. The summed E-state index contributed by atoms with van der Waals surface area (Å²) in [5, 5.41) is 5.35. The molecule has 2 rings (SSSR count). The fraction of sp³-hybridized carbons (Fsp3) is 0.294. The fourth-order valence-electron chi connectivity index (χ4n) is 1.85. The van der Waals surface area contributed by atoms with Gasteiger partial charge in [-0.15, -0.1) is 0 Å². The van der Waals surface area contributed by atoms with Crippen LogP contribution in [0.1, 0.15) is 36.9 Å². The zero-order valence-electron chi connectivity index (χ0n) is 13.6.